The van der Waals surface area contributed by atoms with Crippen molar-refractivity contribution in [3.05, 3.63) is 24.0 Å². The second-order valence-corrected chi connectivity index (χ2v) is 6.22. The number of amides is 1. The third-order valence-corrected chi connectivity index (χ3v) is 4.27. The summed E-state index contributed by atoms with van der Waals surface area (Å²) < 4.78 is 26.1. The molecule has 0 unspecified atom stereocenters. The van der Waals surface area contributed by atoms with E-state index in [1.54, 1.807) is 0 Å². The van der Waals surface area contributed by atoms with Gasteiger partial charge in [0, 0.05) is 25.2 Å². The Hall–Kier alpha value is -1.98. The van der Waals surface area contributed by atoms with Gasteiger partial charge in [-0.2, -0.15) is 5.26 Å². The van der Waals surface area contributed by atoms with Crippen molar-refractivity contribution in [2.45, 2.75) is 17.7 Å². The molecule has 1 fully saturated rings. The molecule has 2 N–H and O–H groups in total. The molecule has 8 heteroatoms. The Morgan fingerprint density at radius 1 is 1.40 bits per heavy atom. The third-order valence-electron chi connectivity index (χ3n) is 2.83. The van der Waals surface area contributed by atoms with Gasteiger partial charge in [0.1, 0.15) is 16.7 Å². The van der Waals surface area contributed by atoms with Gasteiger partial charge in [0.25, 0.3) is 0 Å². The van der Waals surface area contributed by atoms with Crippen LogP contribution in [0.4, 0.5) is 0 Å². The molecule has 1 aromatic rings. The average Bonchev–Trinajstić information content (AvgIpc) is 3.28. The van der Waals surface area contributed by atoms with Crippen LogP contribution in [0.25, 0.3) is 0 Å². The molecule has 0 radical (unpaired) electrons. The second kappa shape index (κ2) is 5.98. The highest BCUT2D eigenvalue weighted by Gasteiger charge is 2.29. The Morgan fingerprint density at radius 3 is 2.70 bits per heavy atom. The van der Waals surface area contributed by atoms with E-state index in [1.807, 2.05) is 6.07 Å². The standard InChI is InChI=1S/C12H14N4O3S/c13-7-10-3-4-11(8-15-10)20(18,19)16-6-5-14-12(17)9-1-2-9/h3-4,8-9,16H,1-2,5-6H2,(H,14,17). The molecule has 20 heavy (non-hydrogen) atoms. The third kappa shape index (κ3) is 3.76. The summed E-state index contributed by atoms with van der Waals surface area (Å²) in [5.41, 5.74) is 0.153. The molecule has 1 saturated carbocycles. The van der Waals surface area contributed by atoms with Crippen LogP contribution < -0.4 is 10.0 Å². The zero-order valence-corrected chi connectivity index (χ0v) is 11.5. The summed E-state index contributed by atoms with van der Waals surface area (Å²) in [6.07, 6.45) is 2.95. The fourth-order valence-electron chi connectivity index (χ4n) is 1.55. The first kappa shape index (κ1) is 14.4. The number of rotatable bonds is 6. The van der Waals surface area contributed by atoms with Crippen molar-refractivity contribution in [3.63, 3.8) is 0 Å². The highest BCUT2D eigenvalue weighted by molar-refractivity contribution is 7.89. The number of aromatic nitrogens is 1. The number of hydrogen-bond acceptors (Lipinski definition) is 5. The van der Waals surface area contributed by atoms with Gasteiger partial charge in [-0.25, -0.2) is 18.1 Å². The lowest BCUT2D eigenvalue weighted by Gasteiger charge is -2.07. The number of hydrogen-bond donors (Lipinski definition) is 2. The van der Waals surface area contributed by atoms with Gasteiger partial charge >= 0.3 is 0 Å². The molecule has 2 rings (SSSR count). The summed E-state index contributed by atoms with van der Waals surface area (Å²) in [6, 6.07) is 4.47. The maximum atomic E-state index is 11.9. The van der Waals surface area contributed by atoms with Gasteiger partial charge in [-0.1, -0.05) is 0 Å². The van der Waals surface area contributed by atoms with Crippen molar-refractivity contribution in [3.8, 4) is 6.07 Å². The van der Waals surface area contributed by atoms with E-state index < -0.39 is 10.0 Å². The van der Waals surface area contributed by atoms with Crippen molar-refractivity contribution < 1.29 is 13.2 Å². The second-order valence-electron chi connectivity index (χ2n) is 4.45. The smallest absolute Gasteiger partial charge is 0.242 e. The van der Waals surface area contributed by atoms with Crippen LogP contribution in [0.1, 0.15) is 18.5 Å². The highest BCUT2D eigenvalue weighted by Crippen LogP contribution is 2.28. The van der Waals surface area contributed by atoms with Crippen molar-refractivity contribution in [1.82, 2.24) is 15.0 Å². The first-order valence-electron chi connectivity index (χ1n) is 6.16. The van der Waals surface area contributed by atoms with E-state index in [2.05, 4.69) is 15.0 Å². The normalized spacial score (nSPS) is 14.6. The first-order valence-corrected chi connectivity index (χ1v) is 7.65. The molecular formula is C12H14N4O3S. The van der Waals surface area contributed by atoms with Crippen LogP contribution in [0.5, 0.6) is 0 Å². The van der Waals surface area contributed by atoms with Crippen molar-refractivity contribution in [1.29, 1.82) is 5.26 Å². The Morgan fingerprint density at radius 2 is 2.15 bits per heavy atom. The van der Waals surface area contributed by atoms with E-state index in [1.165, 1.54) is 12.1 Å². The average molecular weight is 294 g/mol. The van der Waals surface area contributed by atoms with Gasteiger partial charge in [-0.15, -0.1) is 0 Å². The number of nitrogens with zero attached hydrogens (tertiary/aromatic N) is 2. The molecule has 1 heterocycles. The van der Waals surface area contributed by atoms with Gasteiger partial charge in [0.05, 0.1) is 0 Å². The molecule has 1 aromatic heterocycles. The molecule has 0 saturated heterocycles. The predicted molar refractivity (Wildman–Crippen MR) is 69.9 cm³/mol. The zero-order valence-electron chi connectivity index (χ0n) is 10.7. The number of carbonyl (C=O) groups is 1. The lowest BCUT2D eigenvalue weighted by atomic mass is 10.4. The molecule has 0 bridgehead atoms. The highest BCUT2D eigenvalue weighted by atomic mass is 32.2. The van der Waals surface area contributed by atoms with Crippen LogP contribution in [0.15, 0.2) is 23.2 Å². The van der Waals surface area contributed by atoms with Crippen LogP contribution >= 0.6 is 0 Å². The molecule has 0 aromatic carbocycles. The quantitative estimate of drug-likeness (QED) is 0.703. The minimum Gasteiger partial charge on any atom is -0.355 e. The summed E-state index contributed by atoms with van der Waals surface area (Å²) in [7, 11) is -3.66. The van der Waals surface area contributed by atoms with Crippen molar-refractivity contribution in [2.75, 3.05) is 13.1 Å². The molecule has 7 nitrogen and oxygen atoms in total. The molecule has 0 atom stereocenters. The van der Waals surface area contributed by atoms with Crippen LogP contribution in [-0.2, 0) is 14.8 Å². The van der Waals surface area contributed by atoms with Crippen molar-refractivity contribution >= 4 is 15.9 Å². The molecule has 0 aliphatic heterocycles. The SMILES string of the molecule is N#Cc1ccc(S(=O)(=O)NCCNC(=O)C2CC2)cn1. The molecule has 1 aliphatic rings. The lowest BCUT2D eigenvalue weighted by Crippen LogP contribution is -2.35. The van der Waals surface area contributed by atoms with Crippen molar-refractivity contribution in [2.24, 2.45) is 5.92 Å². The van der Waals surface area contributed by atoms with Crippen LogP contribution in [0, 0.1) is 17.2 Å². The molecule has 1 aliphatic carbocycles. The van der Waals surface area contributed by atoms with Gasteiger partial charge < -0.3 is 5.32 Å². The predicted octanol–water partition coefficient (Wildman–Crippen LogP) is -0.242. The maximum Gasteiger partial charge on any atom is 0.242 e. The van der Waals surface area contributed by atoms with E-state index in [4.69, 9.17) is 5.26 Å². The topological polar surface area (TPSA) is 112 Å². The van der Waals surface area contributed by atoms with Gasteiger partial charge in [-0.3, -0.25) is 4.79 Å². The number of nitriles is 1. The summed E-state index contributed by atoms with van der Waals surface area (Å²) in [4.78, 5) is 15.0. The minimum atomic E-state index is -3.66. The number of nitrogens with one attached hydrogen (secondary N) is 2. The number of pyridine rings is 1. The van der Waals surface area contributed by atoms with Gasteiger partial charge in [0.2, 0.25) is 15.9 Å². The van der Waals surface area contributed by atoms with Gasteiger partial charge in [0.15, 0.2) is 0 Å². The molecule has 1 amide bonds. The molecular weight excluding hydrogens is 280 g/mol. The monoisotopic (exact) mass is 294 g/mol. The summed E-state index contributed by atoms with van der Waals surface area (Å²) in [5.74, 6) is 0.0820. The lowest BCUT2D eigenvalue weighted by molar-refractivity contribution is -0.122. The zero-order chi connectivity index (χ0) is 14.6. The summed E-state index contributed by atoms with van der Waals surface area (Å²) in [5, 5.41) is 11.3. The Labute approximate surface area is 117 Å². The van der Waals surface area contributed by atoms with Crippen LogP contribution in [0.3, 0.4) is 0 Å². The number of carbonyl (C=O) groups excluding carboxylic acids is 1. The summed E-state index contributed by atoms with van der Waals surface area (Å²) >= 11 is 0. The first-order chi connectivity index (χ1) is 9.53. The molecule has 0 spiro atoms. The van der Waals surface area contributed by atoms with Crippen LogP contribution in [0.2, 0.25) is 0 Å². The Bertz CT molecular complexity index is 630. The Kier molecular flexibility index (Phi) is 4.32. The van der Waals surface area contributed by atoms with E-state index in [-0.39, 0.29) is 35.5 Å². The molecule has 106 valence electrons. The van der Waals surface area contributed by atoms with Crippen LogP contribution in [-0.4, -0.2) is 32.4 Å². The maximum absolute atomic E-state index is 11.9. The van der Waals surface area contributed by atoms with Gasteiger partial charge in [-0.05, 0) is 25.0 Å². The fraction of sp³-hybridized carbons (Fsp3) is 0.417. The largest absolute Gasteiger partial charge is 0.355 e. The van der Waals surface area contributed by atoms with E-state index in [0.29, 0.717) is 0 Å². The number of sulfonamides is 1. The Balaban J connectivity index is 1.83. The summed E-state index contributed by atoms with van der Waals surface area (Å²) in [6.45, 7) is 0.360. The van der Waals surface area contributed by atoms with E-state index in [9.17, 15) is 13.2 Å². The fourth-order valence-corrected chi connectivity index (χ4v) is 2.53. The minimum absolute atomic E-state index is 0.00924. The van der Waals surface area contributed by atoms with E-state index in [0.717, 1.165) is 19.0 Å². The van der Waals surface area contributed by atoms with E-state index >= 15 is 0 Å².